The van der Waals surface area contributed by atoms with Crippen LogP contribution in [0.5, 0.6) is 0 Å². The number of aromatic nitrogens is 1. The first-order chi connectivity index (χ1) is 11.3. The Bertz CT molecular complexity index is 798. The summed E-state index contributed by atoms with van der Waals surface area (Å²) in [4.78, 5) is 19.6. The van der Waals surface area contributed by atoms with E-state index in [1.807, 2.05) is 24.4 Å². The number of nitrogens with one attached hydrogen (secondary N) is 1. The highest BCUT2D eigenvalue weighted by Gasteiger charge is 2.32. The number of carbonyl (C=O) groups is 1. The highest BCUT2D eigenvalue weighted by Crippen LogP contribution is 2.33. The quantitative estimate of drug-likeness (QED) is 0.790. The molecule has 0 radical (unpaired) electrons. The zero-order chi connectivity index (χ0) is 15.6. The van der Waals surface area contributed by atoms with Crippen molar-refractivity contribution in [3.05, 3.63) is 63.8 Å². The molecular weight excluding hydrogens is 326 g/mol. The summed E-state index contributed by atoms with van der Waals surface area (Å²) in [6.07, 6.45) is 1.79. The van der Waals surface area contributed by atoms with Crippen LogP contribution < -0.4 is 5.32 Å². The molecule has 4 nitrogen and oxygen atoms in total. The molecule has 23 heavy (non-hydrogen) atoms. The van der Waals surface area contributed by atoms with E-state index >= 15 is 0 Å². The SMILES string of the molecule is O=C1CN(Cc2ccccc2)[C@@H](c2cnc(-c3ccsc3)s2)N1. The maximum absolute atomic E-state index is 11.9. The second-order valence-electron chi connectivity index (χ2n) is 5.44. The fourth-order valence-corrected chi connectivity index (χ4v) is 4.43. The van der Waals surface area contributed by atoms with Gasteiger partial charge >= 0.3 is 0 Å². The van der Waals surface area contributed by atoms with Crippen LogP contribution in [-0.2, 0) is 11.3 Å². The molecule has 3 aromatic rings. The number of hydrogen-bond donors (Lipinski definition) is 1. The van der Waals surface area contributed by atoms with Crippen molar-refractivity contribution in [2.24, 2.45) is 0 Å². The summed E-state index contributed by atoms with van der Waals surface area (Å²) in [7, 11) is 0. The first-order valence-corrected chi connectivity index (χ1v) is 9.11. The number of hydrogen-bond acceptors (Lipinski definition) is 5. The number of amides is 1. The van der Waals surface area contributed by atoms with Crippen LogP contribution in [0.25, 0.3) is 10.6 Å². The van der Waals surface area contributed by atoms with E-state index in [9.17, 15) is 4.79 Å². The van der Waals surface area contributed by atoms with Crippen LogP contribution in [0.2, 0.25) is 0 Å². The zero-order valence-corrected chi connectivity index (χ0v) is 13.9. The molecule has 1 amide bonds. The van der Waals surface area contributed by atoms with Crippen molar-refractivity contribution in [2.75, 3.05) is 6.54 Å². The van der Waals surface area contributed by atoms with Gasteiger partial charge in [-0.05, 0) is 17.0 Å². The number of carbonyl (C=O) groups excluding carboxylic acids is 1. The molecule has 1 aliphatic heterocycles. The maximum Gasteiger partial charge on any atom is 0.235 e. The smallest absolute Gasteiger partial charge is 0.235 e. The van der Waals surface area contributed by atoms with Gasteiger partial charge in [0.15, 0.2) is 0 Å². The molecule has 0 spiro atoms. The van der Waals surface area contributed by atoms with E-state index in [0.717, 1.165) is 22.0 Å². The molecule has 1 atom stereocenters. The third-order valence-electron chi connectivity index (χ3n) is 3.80. The zero-order valence-electron chi connectivity index (χ0n) is 12.3. The Morgan fingerprint density at radius 1 is 1.26 bits per heavy atom. The van der Waals surface area contributed by atoms with Gasteiger partial charge in [0.25, 0.3) is 0 Å². The highest BCUT2D eigenvalue weighted by atomic mass is 32.1. The minimum absolute atomic E-state index is 0.0661. The maximum atomic E-state index is 11.9. The minimum Gasteiger partial charge on any atom is -0.335 e. The summed E-state index contributed by atoms with van der Waals surface area (Å²) in [5.74, 6) is 0.0661. The van der Waals surface area contributed by atoms with Crippen molar-refractivity contribution in [3.63, 3.8) is 0 Å². The van der Waals surface area contributed by atoms with E-state index in [-0.39, 0.29) is 12.1 Å². The average molecular weight is 341 g/mol. The molecule has 1 saturated heterocycles. The minimum atomic E-state index is -0.0902. The molecule has 2 aromatic heterocycles. The standard InChI is InChI=1S/C17H15N3OS2/c21-15-10-20(9-12-4-2-1-3-5-12)16(19-15)14-8-18-17(23-14)13-6-7-22-11-13/h1-8,11,16H,9-10H2,(H,19,21)/t16-/m0/s1. The summed E-state index contributed by atoms with van der Waals surface area (Å²) in [5, 5.41) is 8.21. The number of rotatable bonds is 4. The Labute approximate surface area is 142 Å². The second-order valence-corrected chi connectivity index (χ2v) is 7.28. The van der Waals surface area contributed by atoms with E-state index in [1.54, 1.807) is 22.7 Å². The van der Waals surface area contributed by atoms with E-state index in [4.69, 9.17) is 0 Å². The van der Waals surface area contributed by atoms with E-state index in [1.165, 1.54) is 5.56 Å². The molecule has 0 bridgehead atoms. The Hall–Kier alpha value is -2.02. The van der Waals surface area contributed by atoms with Crippen LogP contribution in [0.15, 0.2) is 53.4 Å². The third kappa shape index (κ3) is 3.06. The van der Waals surface area contributed by atoms with Gasteiger partial charge in [0.1, 0.15) is 11.2 Å². The Kier molecular flexibility index (Phi) is 3.95. The summed E-state index contributed by atoms with van der Waals surface area (Å²) < 4.78 is 0. The predicted molar refractivity (Wildman–Crippen MR) is 93.2 cm³/mol. The van der Waals surface area contributed by atoms with Gasteiger partial charge in [-0.3, -0.25) is 9.69 Å². The van der Waals surface area contributed by atoms with E-state index < -0.39 is 0 Å². The fraction of sp³-hybridized carbons (Fsp3) is 0.176. The first-order valence-electron chi connectivity index (χ1n) is 7.35. The Morgan fingerprint density at radius 2 is 2.13 bits per heavy atom. The lowest BCUT2D eigenvalue weighted by atomic mass is 10.2. The van der Waals surface area contributed by atoms with Gasteiger partial charge in [0.2, 0.25) is 5.91 Å². The molecular formula is C17H15N3OS2. The summed E-state index contributed by atoms with van der Waals surface area (Å²) in [6, 6.07) is 12.3. The van der Waals surface area contributed by atoms with Gasteiger partial charge in [-0.1, -0.05) is 30.3 Å². The molecule has 0 unspecified atom stereocenters. The van der Waals surface area contributed by atoms with Crippen molar-refractivity contribution in [1.29, 1.82) is 0 Å². The topological polar surface area (TPSA) is 45.2 Å². The predicted octanol–water partition coefficient (Wildman–Crippen LogP) is 3.50. The summed E-state index contributed by atoms with van der Waals surface area (Å²) in [6.45, 7) is 1.17. The van der Waals surface area contributed by atoms with Crippen molar-refractivity contribution in [3.8, 4) is 10.6 Å². The number of benzene rings is 1. The van der Waals surface area contributed by atoms with Gasteiger partial charge in [-0.15, -0.1) is 11.3 Å². The molecule has 0 saturated carbocycles. The molecule has 3 heterocycles. The molecule has 4 rings (SSSR count). The highest BCUT2D eigenvalue weighted by molar-refractivity contribution is 7.15. The third-order valence-corrected chi connectivity index (χ3v) is 5.58. The summed E-state index contributed by atoms with van der Waals surface area (Å²) in [5.41, 5.74) is 2.35. The van der Waals surface area contributed by atoms with E-state index in [2.05, 4.69) is 44.2 Å². The van der Waals surface area contributed by atoms with Gasteiger partial charge < -0.3 is 5.32 Å². The average Bonchev–Trinajstić information content (AvgIpc) is 3.27. The van der Waals surface area contributed by atoms with Gasteiger partial charge in [0.05, 0.1) is 11.4 Å². The van der Waals surface area contributed by atoms with Crippen LogP contribution in [0.4, 0.5) is 0 Å². The van der Waals surface area contributed by atoms with Crippen molar-refractivity contribution >= 4 is 28.6 Å². The number of thiazole rings is 1. The largest absolute Gasteiger partial charge is 0.335 e. The Balaban J connectivity index is 1.58. The number of nitrogens with zero attached hydrogens (tertiary/aromatic N) is 2. The monoisotopic (exact) mass is 341 g/mol. The lowest BCUT2D eigenvalue weighted by Gasteiger charge is -2.21. The molecule has 116 valence electrons. The summed E-state index contributed by atoms with van der Waals surface area (Å²) >= 11 is 3.31. The van der Waals surface area contributed by atoms with Crippen molar-refractivity contribution in [2.45, 2.75) is 12.7 Å². The molecule has 1 aromatic carbocycles. The van der Waals surface area contributed by atoms with Crippen LogP contribution in [0.3, 0.4) is 0 Å². The van der Waals surface area contributed by atoms with Gasteiger partial charge in [-0.25, -0.2) is 4.98 Å². The lowest BCUT2D eigenvalue weighted by Crippen LogP contribution is -2.26. The molecule has 1 fully saturated rings. The van der Waals surface area contributed by atoms with Crippen molar-refractivity contribution in [1.82, 2.24) is 15.2 Å². The fourth-order valence-electron chi connectivity index (χ4n) is 2.71. The molecule has 0 aliphatic carbocycles. The lowest BCUT2D eigenvalue weighted by molar-refractivity contribution is -0.118. The van der Waals surface area contributed by atoms with Gasteiger partial charge in [-0.2, -0.15) is 11.3 Å². The first kappa shape index (κ1) is 14.6. The Morgan fingerprint density at radius 3 is 2.91 bits per heavy atom. The van der Waals surface area contributed by atoms with Gasteiger partial charge in [0, 0.05) is 23.7 Å². The molecule has 1 aliphatic rings. The van der Waals surface area contributed by atoms with Crippen LogP contribution in [-0.4, -0.2) is 22.3 Å². The van der Waals surface area contributed by atoms with Crippen LogP contribution >= 0.6 is 22.7 Å². The molecule has 1 N–H and O–H groups in total. The van der Waals surface area contributed by atoms with Crippen LogP contribution in [0, 0.1) is 0 Å². The molecule has 6 heteroatoms. The number of thiophene rings is 1. The normalized spacial score (nSPS) is 18.3. The van der Waals surface area contributed by atoms with Crippen LogP contribution in [0.1, 0.15) is 16.6 Å². The second kappa shape index (κ2) is 6.23. The van der Waals surface area contributed by atoms with E-state index in [0.29, 0.717) is 6.54 Å². The van der Waals surface area contributed by atoms with Crippen molar-refractivity contribution < 1.29 is 4.79 Å².